The average Bonchev–Trinajstić information content (AvgIpc) is 3.07. The van der Waals surface area contributed by atoms with Gasteiger partial charge in [-0.1, -0.05) is 38.5 Å². The molecule has 1 atom stereocenters. The van der Waals surface area contributed by atoms with Crippen molar-refractivity contribution in [2.75, 3.05) is 19.7 Å². The summed E-state index contributed by atoms with van der Waals surface area (Å²) < 4.78 is 32.8. The molecule has 1 aliphatic heterocycles. The zero-order valence-corrected chi connectivity index (χ0v) is 16.1. The number of ether oxygens (including phenoxy) is 1. The summed E-state index contributed by atoms with van der Waals surface area (Å²) in [6.07, 6.45) is -2.16. The van der Waals surface area contributed by atoms with Gasteiger partial charge >= 0.3 is 0 Å². The minimum atomic E-state index is -2.61. The minimum absolute atomic E-state index is 0.109. The third-order valence-corrected chi connectivity index (χ3v) is 4.62. The second-order valence-corrected chi connectivity index (χ2v) is 7.92. The summed E-state index contributed by atoms with van der Waals surface area (Å²) in [7, 11) is 0. The summed E-state index contributed by atoms with van der Waals surface area (Å²) in [5, 5.41) is 4.64. The average molecular weight is 377 g/mol. The Morgan fingerprint density at radius 2 is 1.93 bits per heavy atom. The van der Waals surface area contributed by atoms with Crippen molar-refractivity contribution in [2.45, 2.75) is 45.6 Å². The Hall–Kier alpha value is -2.28. The highest BCUT2D eigenvalue weighted by atomic mass is 19.3. The molecule has 0 bridgehead atoms. The molecule has 1 saturated heterocycles. The number of hydrogen-bond donors (Lipinski definition) is 0. The fourth-order valence-electron chi connectivity index (χ4n) is 3.10. The van der Waals surface area contributed by atoms with Crippen molar-refractivity contribution in [1.29, 1.82) is 0 Å². The maximum Gasteiger partial charge on any atom is 0.266 e. The third kappa shape index (κ3) is 4.18. The molecular weight excluding hydrogens is 352 g/mol. The molecule has 2 aromatic rings. The zero-order chi connectivity index (χ0) is 19.8. The van der Waals surface area contributed by atoms with Gasteiger partial charge in [-0.3, -0.25) is 4.79 Å². The van der Waals surface area contributed by atoms with E-state index in [0.717, 1.165) is 11.3 Å². The Morgan fingerprint density at radius 3 is 2.52 bits per heavy atom. The predicted octanol–water partition coefficient (Wildman–Crippen LogP) is 3.58. The molecule has 146 valence electrons. The van der Waals surface area contributed by atoms with Crippen LogP contribution >= 0.6 is 0 Å². The molecule has 1 aromatic heterocycles. The Bertz CT molecular complexity index is 810. The number of carbonyl (C=O) groups excluding carboxylic acids is 1. The minimum Gasteiger partial charge on any atom is -0.369 e. The lowest BCUT2D eigenvalue weighted by molar-refractivity contribution is -0.0943. The van der Waals surface area contributed by atoms with E-state index in [1.807, 2.05) is 52.0 Å². The van der Waals surface area contributed by atoms with E-state index in [2.05, 4.69) is 5.10 Å². The van der Waals surface area contributed by atoms with Crippen molar-refractivity contribution in [1.82, 2.24) is 14.7 Å². The number of nitrogens with zero attached hydrogens (tertiary/aromatic N) is 3. The molecule has 5 nitrogen and oxygen atoms in total. The lowest BCUT2D eigenvalue weighted by Crippen LogP contribution is -2.48. The second-order valence-electron chi connectivity index (χ2n) is 7.92. The van der Waals surface area contributed by atoms with Crippen molar-refractivity contribution < 1.29 is 18.3 Å². The molecule has 27 heavy (non-hydrogen) atoms. The Balaban J connectivity index is 1.95. The number of hydrogen-bond acceptors (Lipinski definition) is 3. The molecule has 0 N–H and O–H groups in total. The van der Waals surface area contributed by atoms with Crippen LogP contribution in [0.2, 0.25) is 0 Å². The number of rotatable bonds is 3. The van der Waals surface area contributed by atoms with Crippen LogP contribution in [-0.2, 0) is 10.2 Å². The van der Waals surface area contributed by atoms with Crippen molar-refractivity contribution in [2.24, 2.45) is 0 Å². The summed E-state index contributed by atoms with van der Waals surface area (Å²) in [6.45, 7) is 8.22. The number of aromatic nitrogens is 2. The van der Waals surface area contributed by atoms with Gasteiger partial charge in [0, 0.05) is 18.2 Å². The Morgan fingerprint density at radius 1 is 1.26 bits per heavy atom. The first-order valence-corrected chi connectivity index (χ1v) is 9.03. The maximum absolute atomic E-state index is 13.1. The number of halogens is 2. The molecule has 1 amide bonds. The lowest BCUT2D eigenvalue weighted by atomic mass is 9.89. The fraction of sp³-hybridized carbons (Fsp3) is 0.500. The molecule has 1 unspecified atom stereocenters. The number of amides is 1. The number of carbonyl (C=O) groups is 1. The molecule has 2 heterocycles. The van der Waals surface area contributed by atoms with Crippen LogP contribution in [0.25, 0.3) is 5.69 Å². The van der Waals surface area contributed by atoms with Gasteiger partial charge < -0.3 is 9.64 Å². The van der Waals surface area contributed by atoms with Gasteiger partial charge in [0.15, 0.2) is 0 Å². The van der Waals surface area contributed by atoms with Crippen molar-refractivity contribution in [3.8, 4) is 5.69 Å². The standard InChI is InChI=1S/C20H25F2N3O2/c1-13-5-7-14(8-6-13)25-11-15(17(23-25)20(2,3)4)19(26)24-9-10-27-16(12-24)18(21)22/h5-8,11,16,18H,9-10,12H2,1-4H3. The normalized spacial score (nSPS) is 18.2. The van der Waals surface area contributed by atoms with E-state index < -0.39 is 12.5 Å². The summed E-state index contributed by atoms with van der Waals surface area (Å²) in [5.74, 6) is -0.285. The molecule has 0 aliphatic carbocycles. The maximum atomic E-state index is 13.1. The summed E-state index contributed by atoms with van der Waals surface area (Å²) in [5.41, 5.74) is 2.70. The third-order valence-electron chi connectivity index (χ3n) is 4.62. The number of benzene rings is 1. The highest BCUT2D eigenvalue weighted by molar-refractivity contribution is 5.95. The van der Waals surface area contributed by atoms with E-state index in [1.54, 1.807) is 10.9 Å². The molecule has 0 radical (unpaired) electrons. The molecule has 0 spiro atoms. The first kappa shape index (κ1) is 19.5. The number of morpholine rings is 1. The predicted molar refractivity (Wildman–Crippen MR) is 98.6 cm³/mol. The van der Waals surface area contributed by atoms with Crippen LogP contribution in [0, 0.1) is 6.92 Å². The lowest BCUT2D eigenvalue weighted by Gasteiger charge is -2.32. The molecular formula is C20H25F2N3O2. The molecule has 1 fully saturated rings. The van der Waals surface area contributed by atoms with Crippen LogP contribution < -0.4 is 0 Å². The molecule has 7 heteroatoms. The van der Waals surface area contributed by atoms with E-state index in [1.165, 1.54) is 4.90 Å². The van der Waals surface area contributed by atoms with Gasteiger partial charge in [-0.15, -0.1) is 0 Å². The van der Waals surface area contributed by atoms with Crippen LogP contribution in [-0.4, -0.2) is 52.8 Å². The van der Waals surface area contributed by atoms with Crippen LogP contribution in [0.5, 0.6) is 0 Å². The van der Waals surface area contributed by atoms with Gasteiger partial charge in [0.25, 0.3) is 12.3 Å². The number of alkyl halides is 2. The van der Waals surface area contributed by atoms with E-state index in [4.69, 9.17) is 4.74 Å². The van der Waals surface area contributed by atoms with Gasteiger partial charge in [-0.25, -0.2) is 13.5 Å². The van der Waals surface area contributed by atoms with Crippen LogP contribution in [0.15, 0.2) is 30.5 Å². The van der Waals surface area contributed by atoms with Gasteiger partial charge in [0.05, 0.1) is 30.1 Å². The highest BCUT2D eigenvalue weighted by Gasteiger charge is 2.34. The van der Waals surface area contributed by atoms with E-state index in [-0.39, 0.29) is 24.5 Å². The molecule has 1 aromatic carbocycles. The van der Waals surface area contributed by atoms with Crippen molar-refractivity contribution in [3.05, 3.63) is 47.3 Å². The Labute approximate surface area is 157 Å². The summed E-state index contributed by atoms with van der Waals surface area (Å²) in [4.78, 5) is 14.5. The van der Waals surface area contributed by atoms with Gasteiger partial charge in [0.1, 0.15) is 6.10 Å². The van der Waals surface area contributed by atoms with E-state index >= 15 is 0 Å². The quantitative estimate of drug-likeness (QED) is 0.821. The van der Waals surface area contributed by atoms with E-state index in [9.17, 15) is 13.6 Å². The molecule has 0 saturated carbocycles. The van der Waals surface area contributed by atoms with E-state index in [0.29, 0.717) is 17.8 Å². The Kier molecular flexibility index (Phi) is 5.33. The van der Waals surface area contributed by atoms with Gasteiger partial charge in [-0.2, -0.15) is 5.10 Å². The first-order valence-electron chi connectivity index (χ1n) is 9.03. The number of aryl methyl sites for hydroxylation is 1. The van der Waals surface area contributed by atoms with Crippen LogP contribution in [0.1, 0.15) is 42.4 Å². The van der Waals surface area contributed by atoms with Crippen LogP contribution in [0.4, 0.5) is 8.78 Å². The van der Waals surface area contributed by atoms with Gasteiger partial charge in [0.2, 0.25) is 0 Å². The SMILES string of the molecule is Cc1ccc(-n2cc(C(=O)N3CCOC(C(F)F)C3)c(C(C)(C)C)n2)cc1. The molecule has 1 aliphatic rings. The second kappa shape index (κ2) is 7.38. The largest absolute Gasteiger partial charge is 0.369 e. The van der Waals surface area contributed by atoms with Gasteiger partial charge in [-0.05, 0) is 19.1 Å². The topological polar surface area (TPSA) is 47.4 Å². The fourth-order valence-corrected chi connectivity index (χ4v) is 3.10. The summed E-state index contributed by atoms with van der Waals surface area (Å²) in [6, 6.07) is 7.82. The van der Waals surface area contributed by atoms with Crippen molar-refractivity contribution in [3.63, 3.8) is 0 Å². The van der Waals surface area contributed by atoms with Crippen molar-refractivity contribution >= 4 is 5.91 Å². The zero-order valence-electron chi connectivity index (χ0n) is 16.1. The monoisotopic (exact) mass is 377 g/mol. The summed E-state index contributed by atoms with van der Waals surface area (Å²) >= 11 is 0. The van der Waals surface area contributed by atoms with Crippen LogP contribution in [0.3, 0.4) is 0 Å². The first-order chi connectivity index (χ1) is 12.7. The highest BCUT2D eigenvalue weighted by Crippen LogP contribution is 2.27. The molecule has 3 rings (SSSR count). The smallest absolute Gasteiger partial charge is 0.266 e.